The van der Waals surface area contributed by atoms with Gasteiger partial charge in [-0.1, -0.05) is 115 Å². The van der Waals surface area contributed by atoms with Crippen LogP contribution < -0.4 is 5.32 Å². The van der Waals surface area contributed by atoms with Crippen LogP contribution in [0.1, 0.15) is 113 Å². The van der Waals surface area contributed by atoms with Crippen LogP contribution in [0.4, 0.5) is 0 Å². The fourth-order valence-corrected chi connectivity index (χ4v) is 6.04. The van der Waals surface area contributed by atoms with Gasteiger partial charge in [0.1, 0.15) is 5.60 Å². The largest absolute Gasteiger partial charge is 0.463 e. The van der Waals surface area contributed by atoms with Crippen LogP contribution in [-0.4, -0.2) is 28.5 Å². The molecule has 48 heavy (non-hydrogen) atoms. The second-order valence-corrected chi connectivity index (χ2v) is 13.8. The number of ether oxygens (including phenoxy) is 2. The number of benzene rings is 4. The van der Waals surface area contributed by atoms with Crippen molar-refractivity contribution in [1.29, 1.82) is 0 Å². The molecule has 0 spiro atoms. The van der Waals surface area contributed by atoms with E-state index in [1.807, 2.05) is 77.1 Å². The average molecular weight is 649 g/mol. The lowest BCUT2D eigenvalue weighted by Gasteiger charge is -2.37. The summed E-state index contributed by atoms with van der Waals surface area (Å²) in [6.07, 6.45) is 0.177. The lowest BCUT2D eigenvalue weighted by Crippen LogP contribution is -2.33. The van der Waals surface area contributed by atoms with Crippen molar-refractivity contribution in [3.8, 4) is 0 Å². The molecule has 0 bridgehead atoms. The van der Waals surface area contributed by atoms with Crippen molar-refractivity contribution < 1.29 is 19.1 Å². The monoisotopic (exact) mass is 648 g/mol. The maximum Gasteiger partial charge on any atom is 0.308 e. The lowest BCUT2D eigenvalue weighted by molar-refractivity contribution is -0.155. The Morgan fingerprint density at radius 3 is 1.71 bits per heavy atom. The first-order valence-corrected chi connectivity index (χ1v) is 17.1. The summed E-state index contributed by atoms with van der Waals surface area (Å²) >= 11 is 0. The molecule has 6 nitrogen and oxygen atoms in total. The summed E-state index contributed by atoms with van der Waals surface area (Å²) in [4.78, 5) is 28.8. The van der Waals surface area contributed by atoms with Crippen molar-refractivity contribution in [3.05, 3.63) is 143 Å². The van der Waals surface area contributed by atoms with E-state index in [0.717, 1.165) is 22.3 Å². The fraction of sp³-hybridized carbons (Fsp3) is 0.381. The van der Waals surface area contributed by atoms with E-state index in [4.69, 9.17) is 9.47 Å². The van der Waals surface area contributed by atoms with Crippen LogP contribution in [0.2, 0.25) is 0 Å². The first-order valence-electron chi connectivity index (χ1n) is 17.1. The minimum Gasteiger partial charge on any atom is -0.463 e. The SMILES string of the molecule is CC(C)OC(=O)C[C@@H](c1ccc([C@@H](CC(=O)OC(C)(C)C)N[C@@H](C)c2ccccc2)cc1)N(Cc1ccccc1)[C@H](C)c1ccccc1. The van der Waals surface area contributed by atoms with Crippen LogP contribution in [0.15, 0.2) is 115 Å². The molecule has 0 amide bonds. The minimum atomic E-state index is -0.577. The zero-order chi connectivity index (χ0) is 34.7. The van der Waals surface area contributed by atoms with Crippen LogP contribution in [-0.2, 0) is 25.6 Å². The molecule has 0 aliphatic carbocycles. The molecule has 6 heteroatoms. The average Bonchev–Trinajstić information content (AvgIpc) is 3.06. The van der Waals surface area contributed by atoms with Gasteiger partial charge in [0, 0.05) is 30.7 Å². The smallest absolute Gasteiger partial charge is 0.308 e. The molecule has 4 rings (SSSR count). The van der Waals surface area contributed by atoms with Crippen molar-refractivity contribution in [1.82, 2.24) is 10.2 Å². The molecule has 254 valence electrons. The van der Waals surface area contributed by atoms with Gasteiger partial charge in [0.05, 0.1) is 18.9 Å². The molecular formula is C42H52N2O4. The van der Waals surface area contributed by atoms with Crippen molar-refractivity contribution in [2.24, 2.45) is 0 Å². The van der Waals surface area contributed by atoms with E-state index in [1.54, 1.807) is 0 Å². The molecule has 0 saturated carbocycles. The van der Waals surface area contributed by atoms with E-state index in [9.17, 15) is 9.59 Å². The summed E-state index contributed by atoms with van der Waals surface area (Å²) in [7, 11) is 0. The molecule has 4 aromatic carbocycles. The van der Waals surface area contributed by atoms with Gasteiger partial charge in [-0.05, 0) is 76.3 Å². The van der Waals surface area contributed by atoms with Gasteiger partial charge in [0.2, 0.25) is 0 Å². The number of nitrogens with one attached hydrogen (secondary N) is 1. The summed E-state index contributed by atoms with van der Waals surface area (Å²) in [6, 6.07) is 38.8. The Morgan fingerprint density at radius 1 is 0.646 bits per heavy atom. The number of carbonyl (C=O) groups is 2. The van der Waals surface area contributed by atoms with E-state index >= 15 is 0 Å². The van der Waals surface area contributed by atoms with Crippen molar-refractivity contribution in [2.75, 3.05) is 0 Å². The van der Waals surface area contributed by atoms with Crippen molar-refractivity contribution in [2.45, 2.75) is 104 Å². The third kappa shape index (κ3) is 11.2. The first-order chi connectivity index (χ1) is 22.9. The molecule has 4 aromatic rings. The molecule has 0 saturated heterocycles. The molecule has 0 aliphatic heterocycles. The molecule has 0 heterocycles. The maximum atomic E-state index is 13.3. The predicted octanol–water partition coefficient (Wildman–Crippen LogP) is 9.46. The minimum absolute atomic E-state index is 0.00458. The van der Waals surface area contributed by atoms with Crippen LogP contribution in [0.5, 0.6) is 0 Å². The second-order valence-electron chi connectivity index (χ2n) is 13.8. The van der Waals surface area contributed by atoms with Gasteiger partial charge in [0.15, 0.2) is 0 Å². The predicted molar refractivity (Wildman–Crippen MR) is 193 cm³/mol. The Labute approximate surface area is 287 Å². The number of rotatable bonds is 15. The van der Waals surface area contributed by atoms with Gasteiger partial charge in [-0.25, -0.2) is 0 Å². The number of carbonyl (C=O) groups excluding carboxylic acids is 2. The zero-order valence-corrected chi connectivity index (χ0v) is 29.6. The highest BCUT2D eigenvalue weighted by atomic mass is 16.6. The number of hydrogen-bond donors (Lipinski definition) is 1. The van der Waals surface area contributed by atoms with E-state index in [2.05, 4.69) is 96.9 Å². The highest BCUT2D eigenvalue weighted by Crippen LogP contribution is 2.36. The highest BCUT2D eigenvalue weighted by Gasteiger charge is 2.30. The Morgan fingerprint density at radius 2 is 1.17 bits per heavy atom. The number of nitrogens with zero attached hydrogens (tertiary/aromatic N) is 1. The summed E-state index contributed by atoms with van der Waals surface area (Å²) in [5, 5.41) is 3.68. The Kier molecular flexibility index (Phi) is 13.1. The van der Waals surface area contributed by atoms with Gasteiger partial charge < -0.3 is 14.8 Å². The topological polar surface area (TPSA) is 67.9 Å². The second kappa shape index (κ2) is 17.2. The standard InChI is InChI=1S/C42H52N2O4/c1-30(2)47-40(45)28-39(44(29-33-17-11-8-12-18-33)32(4)35-21-15-10-16-22-35)37-25-23-36(24-26-37)38(27-41(46)48-42(5,6)7)43-31(3)34-19-13-9-14-20-34/h8-26,30-32,38-39,43H,27-29H2,1-7H3/t31-,32+,38+,39-/m0/s1. The van der Waals surface area contributed by atoms with Crippen LogP contribution in [0, 0.1) is 0 Å². The van der Waals surface area contributed by atoms with E-state index in [1.165, 1.54) is 5.56 Å². The number of esters is 2. The molecule has 4 atom stereocenters. The van der Waals surface area contributed by atoms with Gasteiger partial charge in [-0.3, -0.25) is 14.5 Å². The molecular weight excluding hydrogens is 596 g/mol. The molecule has 0 radical (unpaired) electrons. The summed E-state index contributed by atoms with van der Waals surface area (Å²) in [5.74, 6) is -0.497. The van der Waals surface area contributed by atoms with E-state index < -0.39 is 5.60 Å². The summed E-state index contributed by atoms with van der Waals surface area (Å²) in [6.45, 7) is 14.4. The molecule has 0 aliphatic rings. The van der Waals surface area contributed by atoms with E-state index in [-0.39, 0.29) is 55.1 Å². The summed E-state index contributed by atoms with van der Waals surface area (Å²) in [5.41, 5.74) is 4.87. The van der Waals surface area contributed by atoms with Gasteiger partial charge in [0.25, 0.3) is 0 Å². The van der Waals surface area contributed by atoms with Crippen molar-refractivity contribution >= 4 is 11.9 Å². The van der Waals surface area contributed by atoms with Crippen molar-refractivity contribution in [3.63, 3.8) is 0 Å². The van der Waals surface area contributed by atoms with E-state index in [0.29, 0.717) is 6.54 Å². The van der Waals surface area contributed by atoms with Gasteiger partial charge >= 0.3 is 11.9 Å². The quantitative estimate of drug-likeness (QED) is 0.130. The Balaban J connectivity index is 1.71. The third-order valence-corrected chi connectivity index (χ3v) is 8.38. The Hall–Kier alpha value is -4.26. The maximum absolute atomic E-state index is 13.3. The molecule has 1 N–H and O–H groups in total. The first kappa shape index (κ1) is 36.6. The van der Waals surface area contributed by atoms with Crippen LogP contribution >= 0.6 is 0 Å². The van der Waals surface area contributed by atoms with Crippen LogP contribution in [0.3, 0.4) is 0 Å². The highest BCUT2D eigenvalue weighted by molar-refractivity contribution is 5.71. The molecule has 0 aromatic heterocycles. The summed E-state index contributed by atoms with van der Waals surface area (Å²) < 4.78 is 11.4. The number of hydrogen-bond acceptors (Lipinski definition) is 6. The molecule has 0 fully saturated rings. The lowest BCUT2D eigenvalue weighted by atomic mass is 9.94. The molecule has 0 unspecified atom stereocenters. The van der Waals surface area contributed by atoms with Gasteiger partial charge in [-0.15, -0.1) is 0 Å². The fourth-order valence-electron chi connectivity index (χ4n) is 6.04. The van der Waals surface area contributed by atoms with Gasteiger partial charge in [-0.2, -0.15) is 0 Å². The van der Waals surface area contributed by atoms with Crippen LogP contribution in [0.25, 0.3) is 0 Å². The zero-order valence-electron chi connectivity index (χ0n) is 29.6. The Bertz CT molecular complexity index is 1550. The third-order valence-electron chi connectivity index (χ3n) is 8.38. The normalized spacial score (nSPS) is 14.3.